The Balaban J connectivity index is 1.53. The van der Waals surface area contributed by atoms with E-state index < -0.39 is 29.7 Å². The molecule has 0 bridgehead atoms. The lowest BCUT2D eigenvalue weighted by molar-refractivity contribution is -0.122. The highest BCUT2D eigenvalue weighted by molar-refractivity contribution is 6.11. The minimum atomic E-state index is -1.05. The topological polar surface area (TPSA) is 73.8 Å². The van der Waals surface area contributed by atoms with Crippen LogP contribution in [0.1, 0.15) is 35.8 Å². The molecule has 0 aliphatic carbocycles. The molecule has 0 saturated carbocycles. The number of para-hydroxylation sites is 1. The van der Waals surface area contributed by atoms with Crippen molar-refractivity contribution in [2.75, 3.05) is 16.3 Å². The Morgan fingerprint density at radius 2 is 1.86 bits per heavy atom. The summed E-state index contributed by atoms with van der Waals surface area (Å²) < 4.78 is 28.4. The number of anilines is 2. The van der Waals surface area contributed by atoms with Crippen molar-refractivity contribution in [1.29, 1.82) is 0 Å². The lowest BCUT2D eigenvalue weighted by atomic mass is 9.98. The fraction of sp³-hybridized carbons (Fsp3) is 0.231. The number of amides is 3. The molecule has 1 unspecified atom stereocenters. The first kappa shape index (κ1) is 22.6. The van der Waals surface area contributed by atoms with Crippen molar-refractivity contribution in [2.45, 2.75) is 32.0 Å². The van der Waals surface area contributed by atoms with E-state index in [4.69, 9.17) is 0 Å². The second kappa shape index (κ2) is 8.57. The van der Waals surface area contributed by atoms with Gasteiger partial charge >= 0.3 is 0 Å². The maximum Gasteiger partial charge on any atom is 0.258 e. The summed E-state index contributed by atoms with van der Waals surface area (Å²) in [6, 6.07) is 14.9. The first-order valence-electron chi connectivity index (χ1n) is 11.2. The van der Waals surface area contributed by atoms with Gasteiger partial charge in [0.25, 0.3) is 5.91 Å². The number of nitrogens with zero attached hydrogens (tertiary/aromatic N) is 4. The molecule has 0 spiro atoms. The van der Waals surface area contributed by atoms with Crippen LogP contribution in [0.15, 0.2) is 66.9 Å². The average Bonchev–Trinajstić information content (AvgIpc) is 3.16. The molecule has 5 rings (SSSR count). The SMILES string of the molecule is CC12CCC(=O)N1c1ccccc1C(=O)N2CC(=O)N(Cc1ccccn1)c1ccc(F)cc1F. The first-order valence-corrected chi connectivity index (χ1v) is 11.2. The molecule has 3 heterocycles. The Labute approximate surface area is 200 Å². The molecule has 3 aromatic rings. The van der Waals surface area contributed by atoms with Crippen LogP contribution in [0.25, 0.3) is 0 Å². The number of carbonyl (C=O) groups is 3. The van der Waals surface area contributed by atoms with E-state index in [1.165, 1.54) is 11.0 Å². The van der Waals surface area contributed by atoms with Crippen LogP contribution >= 0.6 is 0 Å². The summed E-state index contributed by atoms with van der Waals surface area (Å²) in [7, 11) is 0. The van der Waals surface area contributed by atoms with E-state index in [0.717, 1.165) is 11.0 Å². The van der Waals surface area contributed by atoms with Crippen molar-refractivity contribution in [3.8, 4) is 0 Å². The monoisotopic (exact) mass is 476 g/mol. The fourth-order valence-electron chi connectivity index (χ4n) is 4.82. The van der Waals surface area contributed by atoms with E-state index in [0.29, 0.717) is 29.4 Å². The van der Waals surface area contributed by atoms with Crippen LogP contribution in [0, 0.1) is 11.6 Å². The molecule has 7 nitrogen and oxygen atoms in total. The molecule has 0 radical (unpaired) electrons. The van der Waals surface area contributed by atoms with Gasteiger partial charge in [0.2, 0.25) is 11.8 Å². The molecule has 0 N–H and O–H groups in total. The van der Waals surface area contributed by atoms with E-state index >= 15 is 0 Å². The third-order valence-electron chi connectivity index (χ3n) is 6.59. The van der Waals surface area contributed by atoms with Gasteiger partial charge in [-0.05, 0) is 49.7 Å². The normalized spacial score (nSPS) is 18.9. The standard InChI is InChI=1S/C26H22F2N4O3/c1-26-12-11-23(33)32(26)21-8-3-2-7-19(21)25(35)31(26)16-24(34)30(15-18-6-4-5-13-29-18)22-10-9-17(27)14-20(22)28/h2-10,13-14H,11-12,15-16H2,1H3. The summed E-state index contributed by atoms with van der Waals surface area (Å²) in [5.41, 5.74) is 0.148. The molecule has 1 saturated heterocycles. The molecule has 1 fully saturated rings. The molecule has 3 amide bonds. The van der Waals surface area contributed by atoms with Gasteiger partial charge in [-0.25, -0.2) is 8.78 Å². The Morgan fingerprint density at radius 1 is 1.09 bits per heavy atom. The van der Waals surface area contributed by atoms with Gasteiger partial charge in [0, 0.05) is 18.7 Å². The third-order valence-corrected chi connectivity index (χ3v) is 6.59. The quantitative estimate of drug-likeness (QED) is 0.560. The Hall–Kier alpha value is -4.14. The highest BCUT2D eigenvalue weighted by Gasteiger charge is 2.53. The van der Waals surface area contributed by atoms with Crippen molar-refractivity contribution in [3.05, 3.63) is 89.8 Å². The van der Waals surface area contributed by atoms with Crippen LogP contribution in [0.3, 0.4) is 0 Å². The summed E-state index contributed by atoms with van der Waals surface area (Å²) in [5, 5.41) is 0. The van der Waals surface area contributed by atoms with Crippen LogP contribution in [-0.4, -0.2) is 39.8 Å². The van der Waals surface area contributed by atoms with E-state index in [1.54, 1.807) is 60.5 Å². The number of benzene rings is 2. The van der Waals surface area contributed by atoms with Crippen molar-refractivity contribution in [1.82, 2.24) is 9.88 Å². The molecule has 178 valence electrons. The molecule has 2 aliphatic heterocycles. The first-order chi connectivity index (χ1) is 16.8. The molecule has 9 heteroatoms. The molecule has 2 aliphatic rings. The predicted molar refractivity (Wildman–Crippen MR) is 124 cm³/mol. The molecular formula is C26H22F2N4O3. The smallest absolute Gasteiger partial charge is 0.258 e. The zero-order chi connectivity index (χ0) is 24.7. The van der Waals surface area contributed by atoms with Crippen LogP contribution in [0.5, 0.6) is 0 Å². The Kier molecular flexibility index (Phi) is 5.55. The number of hydrogen-bond acceptors (Lipinski definition) is 4. The van der Waals surface area contributed by atoms with Crippen LogP contribution in [0.2, 0.25) is 0 Å². The number of halogens is 2. The molecule has 1 atom stereocenters. The molecule has 1 aromatic heterocycles. The second-order valence-corrected chi connectivity index (χ2v) is 8.75. The van der Waals surface area contributed by atoms with Gasteiger partial charge in [-0.15, -0.1) is 0 Å². The van der Waals surface area contributed by atoms with Gasteiger partial charge in [0.05, 0.1) is 29.2 Å². The van der Waals surface area contributed by atoms with Crippen LogP contribution in [-0.2, 0) is 16.1 Å². The number of fused-ring (bicyclic) bond motifs is 3. The summed E-state index contributed by atoms with van der Waals surface area (Å²) in [5.74, 6) is -2.80. The van der Waals surface area contributed by atoms with Crippen LogP contribution in [0.4, 0.5) is 20.2 Å². The largest absolute Gasteiger partial charge is 0.306 e. The Morgan fingerprint density at radius 3 is 2.60 bits per heavy atom. The number of pyridine rings is 1. The predicted octanol–water partition coefficient (Wildman–Crippen LogP) is 3.89. The summed E-state index contributed by atoms with van der Waals surface area (Å²) in [6.07, 6.45) is 2.13. The van der Waals surface area contributed by atoms with Gasteiger partial charge in [-0.2, -0.15) is 0 Å². The minimum absolute atomic E-state index is 0.0831. The second-order valence-electron chi connectivity index (χ2n) is 8.75. The van der Waals surface area contributed by atoms with Crippen molar-refractivity contribution >= 4 is 29.1 Å². The van der Waals surface area contributed by atoms with E-state index in [9.17, 15) is 23.2 Å². The molecule has 2 aromatic carbocycles. The minimum Gasteiger partial charge on any atom is -0.306 e. The fourth-order valence-corrected chi connectivity index (χ4v) is 4.82. The van der Waals surface area contributed by atoms with E-state index in [2.05, 4.69) is 4.98 Å². The maximum absolute atomic E-state index is 14.8. The summed E-state index contributed by atoms with van der Waals surface area (Å²) in [4.78, 5) is 48.3. The molecule has 35 heavy (non-hydrogen) atoms. The van der Waals surface area contributed by atoms with Crippen molar-refractivity contribution < 1.29 is 23.2 Å². The number of aromatic nitrogens is 1. The zero-order valence-corrected chi connectivity index (χ0v) is 18.9. The number of hydrogen-bond donors (Lipinski definition) is 0. The summed E-state index contributed by atoms with van der Waals surface area (Å²) in [6.45, 7) is 1.26. The van der Waals surface area contributed by atoms with Gasteiger partial charge in [0.1, 0.15) is 23.8 Å². The van der Waals surface area contributed by atoms with Gasteiger partial charge in [-0.3, -0.25) is 24.3 Å². The molecular weight excluding hydrogens is 454 g/mol. The van der Waals surface area contributed by atoms with Gasteiger partial charge < -0.3 is 9.80 Å². The van der Waals surface area contributed by atoms with Crippen molar-refractivity contribution in [3.63, 3.8) is 0 Å². The lowest BCUT2D eigenvalue weighted by Gasteiger charge is -2.48. The zero-order valence-electron chi connectivity index (χ0n) is 18.9. The van der Waals surface area contributed by atoms with Crippen LogP contribution < -0.4 is 9.80 Å². The van der Waals surface area contributed by atoms with Gasteiger partial charge in [0.15, 0.2) is 0 Å². The number of rotatable bonds is 5. The third kappa shape index (κ3) is 3.82. The van der Waals surface area contributed by atoms with E-state index in [1.807, 2.05) is 0 Å². The average molecular weight is 476 g/mol. The van der Waals surface area contributed by atoms with Crippen molar-refractivity contribution in [2.24, 2.45) is 0 Å². The van der Waals surface area contributed by atoms with E-state index in [-0.39, 0.29) is 30.5 Å². The van der Waals surface area contributed by atoms with Gasteiger partial charge in [-0.1, -0.05) is 18.2 Å². The maximum atomic E-state index is 14.8. The highest BCUT2D eigenvalue weighted by atomic mass is 19.1. The summed E-state index contributed by atoms with van der Waals surface area (Å²) >= 11 is 0. The Bertz CT molecular complexity index is 1330. The lowest BCUT2D eigenvalue weighted by Crippen LogP contribution is -2.64. The number of carbonyl (C=O) groups excluding carboxylic acids is 3. The highest BCUT2D eigenvalue weighted by Crippen LogP contribution is 2.44.